The minimum Gasteiger partial charge on any atom is -0.469 e. The van der Waals surface area contributed by atoms with Crippen LogP contribution < -0.4 is 10.6 Å². The second-order valence-electron chi connectivity index (χ2n) is 5.99. The topological polar surface area (TPSA) is 58.8 Å². The van der Waals surface area contributed by atoms with Crippen molar-refractivity contribution < 1.29 is 9.15 Å². The fraction of sp³-hybridized carbons (Fsp3) is 0.706. The molecule has 1 fully saturated rings. The lowest BCUT2D eigenvalue weighted by Crippen LogP contribution is -2.47. The first-order valence-corrected chi connectivity index (χ1v) is 8.35. The summed E-state index contributed by atoms with van der Waals surface area (Å²) in [5.41, 5.74) is 0. The van der Waals surface area contributed by atoms with Gasteiger partial charge >= 0.3 is 0 Å². The third-order valence-corrected chi connectivity index (χ3v) is 4.24. The molecule has 0 aliphatic heterocycles. The second-order valence-corrected chi connectivity index (χ2v) is 5.99. The largest absolute Gasteiger partial charge is 0.469 e. The van der Waals surface area contributed by atoms with Gasteiger partial charge in [-0.2, -0.15) is 0 Å². The Kier molecular flexibility index (Phi) is 10.3. The molecule has 2 N–H and O–H groups in total. The van der Waals surface area contributed by atoms with E-state index in [0.29, 0.717) is 25.1 Å². The Hall–Kier alpha value is -0.760. The Labute approximate surface area is 156 Å². The molecule has 0 bridgehead atoms. The number of nitrogens with one attached hydrogen (secondary N) is 2. The molecule has 6 heteroatoms. The van der Waals surface area contributed by atoms with Gasteiger partial charge in [-0.25, -0.2) is 0 Å². The number of nitrogens with zero attached hydrogens (tertiary/aromatic N) is 1. The van der Waals surface area contributed by atoms with Crippen molar-refractivity contribution in [1.29, 1.82) is 0 Å². The van der Waals surface area contributed by atoms with Crippen LogP contribution in [-0.4, -0.2) is 38.8 Å². The van der Waals surface area contributed by atoms with Gasteiger partial charge in [0.15, 0.2) is 5.96 Å². The van der Waals surface area contributed by atoms with Crippen LogP contribution in [0.15, 0.2) is 27.8 Å². The van der Waals surface area contributed by atoms with Crippen LogP contribution in [0, 0.1) is 5.92 Å². The maximum absolute atomic E-state index is 5.36. The van der Waals surface area contributed by atoms with E-state index in [4.69, 9.17) is 9.15 Å². The van der Waals surface area contributed by atoms with Crippen LogP contribution in [0.4, 0.5) is 0 Å². The Balaban J connectivity index is 0.00000264. The monoisotopic (exact) mass is 435 g/mol. The molecule has 132 valence electrons. The molecule has 2 rings (SSSR count). The Morgan fingerprint density at radius 3 is 2.91 bits per heavy atom. The molecule has 23 heavy (non-hydrogen) atoms. The molecule has 1 saturated carbocycles. The zero-order valence-electron chi connectivity index (χ0n) is 14.2. The summed E-state index contributed by atoms with van der Waals surface area (Å²) in [6.07, 6.45) is 7.75. The highest BCUT2D eigenvalue weighted by atomic mass is 127. The summed E-state index contributed by atoms with van der Waals surface area (Å²) in [7, 11) is 1.70. The summed E-state index contributed by atoms with van der Waals surface area (Å²) in [5.74, 6) is 2.59. The predicted octanol–water partition coefficient (Wildman–Crippen LogP) is 3.20. The number of hydrogen-bond acceptors (Lipinski definition) is 3. The van der Waals surface area contributed by atoms with E-state index in [9.17, 15) is 0 Å². The maximum Gasteiger partial charge on any atom is 0.191 e. The predicted molar refractivity (Wildman–Crippen MR) is 105 cm³/mol. The molecule has 2 atom stereocenters. The lowest BCUT2D eigenvalue weighted by Gasteiger charge is -2.31. The summed E-state index contributed by atoms with van der Waals surface area (Å²) in [6.45, 7) is 4.46. The van der Waals surface area contributed by atoms with Crippen LogP contribution in [0.2, 0.25) is 0 Å². The second kappa shape index (κ2) is 11.7. The minimum atomic E-state index is 0. The normalized spacial score (nSPS) is 21.6. The standard InChI is InChI=1S/C17H29N3O2.HI/c1-14-6-3-4-8-16(14)20-17(19-11-13-21-2)18-10-9-15-7-5-12-22-15;/h5,7,12,14,16H,3-4,6,8-11,13H2,1-2H3,(H2,18,19,20);1H. The number of hydrogen-bond donors (Lipinski definition) is 2. The lowest BCUT2D eigenvalue weighted by molar-refractivity contribution is 0.207. The average Bonchev–Trinajstić information content (AvgIpc) is 3.03. The van der Waals surface area contributed by atoms with Gasteiger partial charge in [-0.05, 0) is 30.9 Å². The molecule has 0 saturated heterocycles. The molecular weight excluding hydrogens is 405 g/mol. The molecule has 0 spiro atoms. The number of aliphatic imine (C=N–C) groups is 1. The van der Waals surface area contributed by atoms with Crippen molar-refractivity contribution in [2.75, 3.05) is 26.8 Å². The number of rotatable bonds is 7. The first-order valence-electron chi connectivity index (χ1n) is 8.35. The zero-order valence-corrected chi connectivity index (χ0v) is 16.5. The van der Waals surface area contributed by atoms with E-state index in [1.807, 2.05) is 12.1 Å². The third-order valence-electron chi connectivity index (χ3n) is 4.24. The van der Waals surface area contributed by atoms with Crippen LogP contribution in [0.25, 0.3) is 0 Å². The fourth-order valence-corrected chi connectivity index (χ4v) is 2.87. The molecule has 0 radical (unpaired) electrons. The van der Waals surface area contributed by atoms with Crippen molar-refractivity contribution >= 4 is 29.9 Å². The molecule has 1 aromatic rings. The van der Waals surface area contributed by atoms with Gasteiger partial charge in [0.2, 0.25) is 0 Å². The van der Waals surface area contributed by atoms with E-state index in [1.54, 1.807) is 13.4 Å². The molecule has 0 aromatic carbocycles. The van der Waals surface area contributed by atoms with Crippen LogP contribution in [-0.2, 0) is 11.2 Å². The fourth-order valence-electron chi connectivity index (χ4n) is 2.87. The van der Waals surface area contributed by atoms with Gasteiger partial charge < -0.3 is 19.8 Å². The van der Waals surface area contributed by atoms with Gasteiger partial charge in [-0.1, -0.05) is 19.8 Å². The van der Waals surface area contributed by atoms with Crippen LogP contribution in [0.3, 0.4) is 0 Å². The molecule has 1 heterocycles. The van der Waals surface area contributed by atoms with Gasteiger partial charge in [0.1, 0.15) is 5.76 Å². The quantitative estimate of drug-likeness (QED) is 0.299. The molecule has 2 unspecified atom stereocenters. The number of methoxy groups -OCH3 is 1. The van der Waals surface area contributed by atoms with E-state index in [1.165, 1.54) is 25.7 Å². The van der Waals surface area contributed by atoms with Crippen molar-refractivity contribution in [2.24, 2.45) is 10.9 Å². The summed E-state index contributed by atoms with van der Waals surface area (Å²) in [4.78, 5) is 4.60. The summed E-state index contributed by atoms with van der Waals surface area (Å²) < 4.78 is 10.4. The molecule has 5 nitrogen and oxygen atoms in total. The Morgan fingerprint density at radius 1 is 1.39 bits per heavy atom. The highest BCUT2D eigenvalue weighted by Gasteiger charge is 2.21. The smallest absolute Gasteiger partial charge is 0.191 e. The summed E-state index contributed by atoms with van der Waals surface area (Å²) >= 11 is 0. The summed E-state index contributed by atoms with van der Waals surface area (Å²) in [5, 5.41) is 7.01. The van der Waals surface area contributed by atoms with Crippen molar-refractivity contribution in [2.45, 2.75) is 45.1 Å². The number of ether oxygens (including phenoxy) is 1. The van der Waals surface area contributed by atoms with Crippen molar-refractivity contribution in [3.8, 4) is 0 Å². The molecule has 1 aliphatic carbocycles. The van der Waals surface area contributed by atoms with Gasteiger partial charge in [0.05, 0.1) is 19.4 Å². The summed E-state index contributed by atoms with van der Waals surface area (Å²) in [6, 6.07) is 4.44. The van der Waals surface area contributed by atoms with E-state index >= 15 is 0 Å². The first kappa shape index (κ1) is 20.3. The van der Waals surface area contributed by atoms with Crippen molar-refractivity contribution in [3.63, 3.8) is 0 Å². The number of guanidine groups is 1. The maximum atomic E-state index is 5.36. The number of furan rings is 1. The molecule has 1 aromatic heterocycles. The van der Waals surface area contributed by atoms with E-state index < -0.39 is 0 Å². The van der Waals surface area contributed by atoms with Gasteiger partial charge in [0, 0.05) is 26.1 Å². The minimum absolute atomic E-state index is 0. The van der Waals surface area contributed by atoms with Gasteiger partial charge in [-0.15, -0.1) is 24.0 Å². The molecule has 0 amide bonds. The highest BCUT2D eigenvalue weighted by Crippen LogP contribution is 2.23. The van der Waals surface area contributed by atoms with Crippen LogP contribution in [0.5, 0.6) is 0 Å². The number of halogens is 1. The lowest BCUT2D eigenvalue weighted by atomic mass is 9.86. The van der Waals surface area contributed by atoms with Crippen molar-refractivity contribution in [1.82, 2.24) is 10.6 Å². The third kappa shape index (κ3) is 7.56. The molecule has 1 aliphatic rings. The van der Waals surface area contributed by atoms with E-state index in [2.05, 4.69) is 22.5 Å². The van der Waals surface area contributed by atoms with E-state index in [-0.39, 0.29) is 24.0 Å². The SMILES string of the molecule is COCCN=C(NCCc1ccco1)NC1CCCCC1C.I. The van der Waals surface area contributed by atoms with Gasteiger partial charge in [-0.3, -0.25) is 4.99 Å². The zero-order chi connectivity index (χ0) is 15.6. The first-order chi connectivity index (χ1) is 10.8. The molecular formula is C17H30IN3O2. The Morgan fingerprint density at radius 2 is 2.22 bits per heavy atom. The van der Waals surface area contributed by atoms with Crippen LogP contribution in [0.1, 0.15) is 38.4 Å². The van der Waals surface area contributed by atoms with Gasteiger partial charge in [0.25, 0.3) is 0 Å². The van der Waals surface area contributed by atoms with E-state index in [0.717, 1.165) is 24.7 Å². The van der Waals surface area contributed by atoms with Crippen LogP contribution >= 0.6 is 24.0 Å². The Bertz CT molecular complexity index is 437. The average molecular weight is 435 g/mol. The van der Waals surface area contributed by atoms with Crippen molar-refractivity contribution in [3.05, 3.63) is 24.2 Å². The highest BCUT2D eigenvalue weighted by molar-refractivity contribution is 14.0.